The summed E-state index contributed by atoms with van der Waals surface area (Å²) in [5.74, 6) is -0.498. The minimum atomic E-state index is -0.498. The first-order valence-electron chi connectivity index (χ1n) is 12.0. The van der Waals surface area contributed by atoms with Gasteiger partial charge in [-0.05, 0) is 45.1 Å². The highest BCUT2D eigenvalue weighted by atomic mass is 16.7. The zero-order valence-electron chi connectivity index (χ0n) is 20.1. The molecule has 4 heteroatoms. The second-order valence-corrected chi connectivity index (χ2v) is 10.5. The predicted molar refractivity (Wildman–Crippen MR) is 122 cm³/mol. The molecule has 1 aromatic carbocycles. The summed E-state index contributed by atoms with van der Waals surface area (Å²) in [6.45, 7) is 15.9. The summed E-state index contributed by atoms with van der Waals surface area (Å²) >= 11 is 0. The van der Waals surface area contributed by atoms with E-state index in [4.69, 9.17) is 14.3 Å². The van der Waals surface area contributed by atoms with Gasteiger partial charge in [-0.2, -0.15) is 5.06 Å². The average molecular weight is 418 g/mol. The summed E-state index contributed by atoms with van der Waals surface area (Å²) in [5, 5.41) is 2.31. The van der Waals surface area contributed by atoms with Crippen molar-refractivity contribution in [2.45, 2.75) is 103 Å². The summed E-state index contributed by atoms with van der Waals surface area (Å²) in [5.41, 5.74) is 1.20. The molecule has 1 spiro atoms. The molecule has 2 aliphatic heterocycles. The van der Waals surface area contributed by atoms with Crippen molar-refractivity contribution in [3.05, 3.63) is 35.9 Å². The molecule has 2 heterocycles. The van der Waals surface area contributed by atoms with Crippen LogP contribution in [0, 0.1) is 5.41 Å². The van der Waals surface area contributed by atoms with Crippen LogP contribution in [0.4, 0.5) is 0 Å². The Morgan fingerprint density at radius 1 is 0.933 bits per heavy atom. The average Bonchev–Trinajstić information content (AvgIpc) is 2.73. The first-order valence-corrected chi connectivity index (χ1v) is 12.0. The first-order chi connectivity index (χ1) is 14.2. The van der Waals surface area contributed by atoms with Gasteiger partial charge in [0.25, 0.3) is 0 Å². The van der Waals surface area contributed by atoms with Crippen LogP contribution in [0.2, 0.25) is 0 Å². The van der Waals surface area contributed by atoms with E-state index in [1.165, 1.54) is 12.0 Å². The molecule has 0 amide bonds. The normalized spacial score (nSPS) is 31.1. The molecule has 0 atom stereocenters. The van der Waals surface area contributed by atoms with Crippen molar-refractivity contribution in [2.24, 2.45) is 5.41 Å². The molecule has 0 unspecified atom stereocenters. The van der Waals surface area contributed by atoms with Crippen molar-refractivity contribution >= 4 is 0 Å². The van der Waals surface area contributed by atoms with E-state index in [0.29, 0.717) is 6.61 Å². The van der Waals surface area contributed by atoms with Gasteiger partial charge in [0.05, 0.1) is 25.4 Å². The van der Waals surface area contributed by atoms with Crippen LogP contribution in [-0.2, 0) is 20.7 Å². The maximum Gasteiger partial charge on any atom is 0.172 e. The molecule has 30 heavy (non-hydrogen) atoms. The van der Waals surface area contributed by atoms with Crippen LogP contribution in [0.25, 0.3) is 0 Å². The molecule has 2 aliphatic rings. The van der Waals surface area contributed by atoms with Crippen molar-refractivity contribution in [2.75, 3.05) is 19.8 Å². The van der Waals surface area contributed by atoms with Gasteiger partial charge >= 0.3 is 0 Å². The predicted octanol–water partition coefficient (Wildman–Crippen LogP) is 6.14. The number of rotatable bonds is 8. The molecule has 0 saturated carbocycles. The molecule has 0 aromatic heterocycles. The third-order valence-electron chi connectivity index (χ3n) is 7.27. The molecule has 0 N–H and O–H groups in total. The fraction of sp³-hybridized carbons (Fsp3) is 0.769. The van der Waals surface area contributed by atoms with E-state index in [1.54, 1.807) is 0 Å². The Morgan fingerprint density at radius 3 is 2.13 bits per heavy atom. The van der Waals surface area contributed by atoms with Crippen LogP contribution in [0.5, 0.6) is 0 Å². The maximum atomic E-state index is 6.59. The third-order valence-corrected chi connectivity index (χ3v) is 7.27. The molecular weight excluding hydrogens is 374 g/mol. The standard InChI is InChI=1S/C26H43NO3/c1-7-16-24(6)20-28-26(29-21-24)18-23(4,5)27(25(8-2,9-3)19-26)30-17-15-22-13-11-10-12-14-22/h10-14H,7-9,15-21H2,1-6H3. The van der Waals surface area contributed by atoms with Gasteiger partial charge in [0.1, 0.15) is 0 Å². The Hall–Kier alpha value is -0.940. The molecule has 0 radical (unpaired) electrons. The van der Waals surface area contributed by atoms with Crippen molar-refractivity contribution in [3.8, 4) is 0 Å². The van der Waals surface area contributed by atoms with Gasteiger partial charge in [0.2, 0.25) is 0 Å². The number of piperidine rings is 1. The molecule has 170 valence electrons. The van der Waals surface area contributed by atoms with Gasteiger partial charge in [-0.15, -0.1) is 0 Å². The van der Waals surface area contributed by atoms with E-state index in [1.807, 2.05) is 0 Å². The minimum Gasteiger partial charge on any atom is -0.349 e. The lowest BCUT2D eigenvalue weighted by Crippen LogP contribution is -2.69. The quantitative estimate of drug-likeness (QED) is 0.508. The molecule has 4 nitrogen and oxygen atoms in total. The number of hydrogen-bond acceptors (Lipinski definition) is 4. The SMILES string of the molecule is CCCC1(C)COC2(CC(C)(C)N(OCCc3ccccc3)C(CC)(CC)C2)OC1. The smallest absolute Gasteiger partial charge is 0.172 e. The van der Waals surface area contributed by atoms with Crippen LogP contribution in [0.3, 0.4) is 0 Å². The second-order valence-electron chi connectivity index (χ2n) is 10.5. The molecule has 0 aliphatic carbocycles. The van der Waals surface area contributed by atoms with Gasteiger partial charge in [0.15, 0.2) is 5.79 Å². The van der Waals surface area contributed by atoms with Gasteiger partial charge < -0.3 is 9.47 Å². The van der Waals surface area contributed by atoms with E-state index >= 15 is 0 Å². The Morgan fingerprint density at radius 2 is 1.57 bits per heavy atom. The number of nitrogens with zero attached hydrogens (tertiary/aromatic N) is 1. The van der Waals surface area contributed by atoms with E-state index < -0.39 is 5.79 Å². The van der Waals surface area contributed by atoms with Gasteiger partial charge in [0, 0.05) is 23.8 Å². The van der Waals surface area contributed by atoms with E-state index in [-0.39, 0.29) is 16.5 Å². The highest BCUT2D eigenvalue weighted by Crippen LogP contribution is 2.51. The maximum absolute atomic E-state index is 6.59. The zero-order valence-corrected chi connectivity index (χ0v) is 20.1. The van der Waals surface area contributed by atoms with Gasteiger partial charge in [-0.25, -0.2) is 0 Å². The lowest BCUT2D eigenvalue weighted by Gasteiger charge is -2.61. The van der Waals surface area contributed by atoms with Crippen LogP contribution in [-0.4, -0.2) is 41.7 Å². The van der Waals surface area contributed by atoms with Crippen molar-refractivity contribution in [1.82, 2.24) is 5.06 Å². The van der Waals surface area contributed by atoms with Crippen LogP contribution in [0.15, 0.2) is 30.3 Å². The molecule has 0 bridgehead atoms. The highest BCUT2D eigenvalue weighted by Gasteiger charge is 2.59. The Labute approximate surface area is 184 Å². The molecule has 1 aromatic rings. The van der Waals surface area contributed by atoms with E-state index in [2.05, 4.69) is 76.9 Å². The van der Waals surface area contributed by atoms with E-state index in [0.717, 1.165) is 51.7 Å². The fourth-order valence-corrected chi connectivity index (χ4v) is 5.65. The Balaban J connectivity index is 1.74. The first kappa shape index (κ1) is 23.7. The summed E-state index contributed by atoms with van der Waals surface area (Å²) in [6.07, 6.45) is 6.95. The van der Waals surface area contributed by atoms with Crippen molar-refractivity contribution in [1.29, 1.82) is 0 Å². The topological polar surface area (TPSA) is 30.9 Å². The largest absolute Gasteiger partial charge is 0.349 e. The molecule has 3 rings (SSSR count). The van der Waals surface area contributed by atoms with Crippen molar-refractivity contribution in [3.63, 3.8) is 0 Å². The number of ether oxygens (including phenoxy) is 2. The summed E-state index contributed by atoms with van der Waals surface area (Å²) in [4.78, 5) is 6.54. The summed E-state index contributed by atoms with van der Waals surface area (Å²) < 4.78 is 13.2. The van der Waals surface area contributed by atoms with E-state index in [9.17, 15) is 0 Å². The molecular formula is C26H43NO3. The van der Waals surface area contributed by atoms with Crippen LogP contribution in [0.1, 0.15) is 85.6 Å². The molecule has 2 fully saturated rings. The van der Waals surface area contributed by atoms with Crippen molar-refractivity contribution < 1.29 is 14.3 Å². The number of hydrogen-bond donors (Lipinski definition) is 0. The Bertz CT molecular complexity index is 660. The lowest BCUT2D eigenvalue weighted by molar-refractivity contribution is -0.387. The third kappa shape index (κ3) is 4.93. The van der Waals surface area contributed by atoms with Crippen LogP contribution < -0.4 is 0 Å². The zero-order chi connectivity index (χ0) is 21.9. The monoisotopic (exact) mass is 417 g/mol. The lowest BCUT2D eigenvalue weighted by atomic mass is 9.72. The van der Waals surface area contributed by atoms with Gasteiger partial charge in [-0.3, -0.25) is 4.84 Å². The number of benzene rings is 1. The second kappa shape index (κ2) is 9.28. The summed E-state index contributed by atoms with van der Waals surface area (Å²) in [6, 6.07) is 10.6. The highest BCUT2D eigenvalue weighted by molar-refractivity contribution is 5.14. The van der Waals surface area contributed by atoms with Gasteiger partial charge in [-0.1, -0.05) is 64.4 Å². The number of hydroxylamine groups is 2. The Kier molecular flexibility index (Phi) is 7.33. The minimum absolute atomic E-state index is 0.0864. The van der Waals surface area contributed by atoms with Crippen LogP contribution >= 0.6 is 0 Å². The summed E-state index contributed by atoms with van der Waals surface area (Å²) in [7, 11) is 0. The fourth-order valence-electron chi connectivity index (χ4n) is 5.65. The molecule has 2 saturated heterocycles.